The zero-order valence-corrected chi connectivity index (χ0v) is 10.9. The van der Waals surface area contributed by atoms with Gasteiger partial charge in [0.25, 0.3) is 0 Å². The Morgan fingerprint density at radius 2 is 2.35 bits per heavy atom. The van der Waals surface area contributed by atoms with Gasteiger partial charge in [-0.15, -0.1) is 0 Å². The number of rotatable bonds is 4. The third kappa shape index (κ3) is 3.79. The van der Waals surface area contributed by atoms with E-state index in [-0.39, 0.29) is 0 Å². The summed E-state index contributed by atoms with van der Waals surface area (Å²) in [5.74, 6) is 0.787. The molecule has 0 aliphatic carbocycles. The van der Waals surface area contributed by atoms with Gasteiger partial charge in [-0.05, 0) is 44.5 Å². The number of aromatic nitrogens is 1. The Kier molecular flexibility index (Phi) is 4.51. The molecule has 0 spiro atoms. The van der Waals surface area contributed by atoms with Crippen molar-refractivity contribution in [3.8, 4) is 0 Å². The first-order valence-corrected chi connectivity index (χ1v) is 6.57. The molecular formula is C14H23N3. The zero-order valence-electron chi connectivity index (χ0n) is 10.9. The van der Waals surface area contributed by atoms with E-state index in [1.807, 2.05) is 12.3 Å². The van der Waals surface area contributed by atoms with E-state index < -0.39 is 0 Å². The highest BCUT2D eigenvalue weighted by Crippen LogP contribution is 2.16. The summed E-state index contributed by atoms with van der Waals surface area (Å²) in [6.07, 6.45) is 4.54. The normalized spacial score (nSPS) is 25.1. The second-order valence-electron chi connectivity index (χ2n) is 5.20. The summed E-state index contributed by atoms with van der Waals surface area (Å²) in [7, 11) is 2.18. The SMILES string of the molecule is CC1CCCNC1CN(C)Cc1ccccn1. The lowest BCUT2D eigenvalue weighted by atomic mass is 9.92. The molecule has 1 aliphatic rings. The van der Waals surface area contributed by atoms with Gasteiger partial charge in [-0.25, -0.2) is 0 Å². The maximum atomic E-state index is 4.37. The summed E-state index contributed by atoms with van der Waals surface area (Å²) in [5, 5.41) is 3.62. The molecule has 2 rings (SSSR count). The zero-order chi connectivity index (χ0) is 12.1. The standard InChI is InChI=1S/C14H23N3/c1-12-6-5-9-16-14(12)11-17(2)10-13-7-3-4-8-15-13/h3-4,7-8,12,14,16H,5-6,9-11H2,1-2H3. The second kappa shape index (κ2) is 6.12. The van der Waals surface area contributed by atoms with Gasteiger partial charge in [0.05, 0.1) is 5.69 Å². The molecule has 3 nitrogen and oxygen atoms in total. The molecular weight excluding hydrogens is 210 g/mol. The molecule has 2 heterocycles. The Balaban J connectivity index is 1.82. The minimum absolute atomic E-state index is 0.637. The number of nitrogens with one attached hydrogen (secondary N) is 1. The van der Waals surface area contributed by atoms with Gasteiger partial charge in [-0.3, -0.25) is 9.88 Å². The Morgan fingerprint density at radius 1 is 1.47 bits per heavy atom. The highest BCUT2D eigenvalue weighted by atomic mass is 15.1. The highest BCUT2D eigenvalue weighted by molar-refractivity contribution is 5.03. The molecule has 1 aromatic rings. The van der Waals surface area contributed by atoms with Gasteiger partial charge < -0.3 is 5.32 Å². The fourth-order valence-corrected chi connectivity index (χ4v) is 2.53. The molecule has 0 aromatic carbocycles. The smallest absolute Gasteiger partial charge is 0.0543 e. The van der Waals surface area contributed by atoms with Crippen molar-refractivity contribution < 1.29 is 0 Å². The Morgan fingerprint density at radius 3 is 3.06 bits per heavy atom. The average Bonchev–Trinajstić information content (AvgIpc) is 2.33. The molecule has 0 radical (unpaired) electrons. The fourth-order valence-electron chi connectivity index (χ4n) is 2.53. The lowest BCUT2D eigenvalue weighted by molar-refractivity contribution is 0.210. The molecule has 94 valence electrons. The first-order valence-electron chi connectivity index (χ1n) is 6.57. The van der Waals surface area contributed by atoms with Crippen molar-refractivity contribution in [2.75, 3.05) is 20.1 Å². The number of likely N-dealkylation sites (N-methyl/N-ethyl adjacent to an activating group) is 1. The maximum Gasteiger partial charge on any atom is 0.0543 e. The first kappa shape index (κ1) is 12.5. The van der Waals surface area contributed by atoms with Crippen molar-refractivity contribution >= 4 is 0 Å². The van der Waals surface area contributed by atoms with E-state index in [2.05, 4.69) is 41.3 Å². The van der Waals surface area contributed by atoms with Gasteiger partial charge in [0.2, 0.25) is 0 Å². The summed E-state index contributed by atoms with van der Waals surface area (Å²) in [4.78, 5) is 6.73. The summed E-state index contributed by atoms with van der Waals surface area (Å²) in [6, 6.07) is 6.75. The van der Waals surface area contributed by atoms with E-state index in [0.717, 1.165) is 24.7 Å². The minimum atomic E-state index is 0.637. The largest absolute Gasteiger partial charge is 0.312 e. The number of nitrogens with zero attached hydrogens (tertiary/aromatic N) is 2. The van der Waals surface area contributed by atoms with Gasteiger partial charge in [0.15, 0.2) is 0 Å². The van der Waals surface area contributed by atoms with Gasteiger partial charge in [-0.2, -0.15) is 0 Å². The van der Waals surface area contributed by atoms with Crippen LogP contribution in [0.25, 0.3) is 0 Å². The summed E-state index contributed by atoms with van der Waals surface area (Å²) < 4.78 is 0. The molecule has 1 N–H and O–H groups in total. The van der Waals surface area contributed by atoms with E-state index in [4.69, 9.17) is 0 Å². The number of pyridine rings is 1. The Labute approximate surface area is 104 Å². The third-order valence-electron chi connectivity index (χ3n) is 3.60. The highest BCUT2D eigenvalue weighted by Gasteiger charge is 2.21. The maximum absolute atomic E-state index is 4.37. The van der Waals surface area contributed by atoms with Crippen molar-refractivity contribution in [2.45, 2.75) is 32.4 Å². The van der Waals surface area contributed by atoms with E-state index in [0.29, 0.717) is 6.04 Å². The quantitative estimate of drug-likeness (QED) is 0.861. The molecule has 3 heteroatoms. The van der Waals surface area contributed by atoms with Gasteiger partial charge in [-0.1, -0.05) is 13.0 Å². The summed E-state index contributed by atoms with van der Waals surface area (Å²) in [6.45, 7) is 5.57. The van der Waals surface area contributed by atoms with Crippen LogP contribution < -0.4 is 5.32 Å². The van der Waals surface area contributed by atoms with Crippen molar-refractivity contribution in [2.24, 2.45) is 5.92 Å². The molecule has 0 bridgehead atoms. The minimum Gasteiger partial charge on any atom is -0.312 e. The number of piperidine rings is 1. The van der Waals surface area contributed by atoms with Gasteiger partial charge in [0, 0.05) is 25.3 Å². The molecule has 1 fully saturated rings. The molecule has 1 aliphatic heterocycles. The first-order chi connectivity index (χ1) is 8.25. The average molecular weight is 233 g/mol. The van der Waals surface area contributed by atoms with Gasteiger partial charge in [0.1, 0.15) is 0 Å². The molecule has 1 aromatic heterocycles. The van der Waals surface area contributed by atoms with Crippen LogP contribution in [0.3, 0.4) is 0 Å². The van der Waals surface area contributed by atoms with Crippen LogP contribution in [0.15, 0.2) is 24.4 Å². The van der Waals surface area contributed by atoms with E-state index >= 15 is 0 Å². The van der Waals surface area contributed by atoms with Crippen LogP contribution in [-0.2, 0) is 6.54 Å². The van der Waals surface area contributed by atoms with E-state index in [9.17, 15) is 0 Å². The van der Waals surface area contributed by atoms with Crippen molar-refractivity contribution in [3.63, 3.8) is 0 Å². The second-order valence-corrected chi connectivity index (χ2v) is 5.20. The van der Waals surface area contributed by atoms with Crippen LogP contribution in [0.5, 0.6) is 0 Å². The van der Waals surface area contributed by atoms with E-state index in [1.54, 1.807) is 0 Å². The Bertz CT molecular complexity index is 325. The van der Waals surface area contributed by atoms with Gasteiger partial charge >= 0.3 is 0 Å². The molecule has 0 amide bonds. The topological polar surface area (TPSA) is 28.2 Å². The molecule has 2 atom stereocenters. The number of hydrogen-bond donors (Lipinski definition) is 1. The molecule has 17 heavy (non-hydrogen) atoms. The van der Waals surface area contributed by atoms with Crippen LogP contribution in [0, 0.1) is 5.92 Å². The lowest BCUT2D eigenvalue weighted by Gasteiger charge is -2.33. The van der Waals surface area contributed by atoms with Crippen LogP contribution in [0.2, 0.25) is 0 Å². The molecule has 0 saturated carbocycles. The summed E-state index contributed by atoms with van der Waals surface area (Å²) >= 11 is 0. The predicted octanol–water partition coefficient (Wildman–Crippen LogP) is 1.90. The summed E-state index contributed by atoms with van der Waals surface area (Å²) in [5.41, 5.74) is 1.15. The van der Waals surface area contributed by atoms with E-state index in [1.165, 1.54) is 19.4 Å². The fraction of sp³-hybridized carbons (Fsp3) is 0.643. The van der Waals surface area contributed by atoms with Crippen molar-refractivity contribution in [1.82, 2.24) is 15.2 Å². The van der Waals surface area contributed by atoms with Crippen LogP contribution >= 0.6 is 0 Å². The third-order valence-corrected chi connectivity index (χ3v) is 3.60. The van der Waals surface area contributed by atoms with Crippen molar-refractivity contribution in [3.05, 3.63) is 30.1 Å². The Hall–Kier alpha value is -0.930. The molecule has 1 saturated heterocycles. The number of hydrogen-bond acceptors (Lipinski definition) is 3. The molecule has 2 unspecified atom stereocenters. The lowest BCUT2D eigenvalue weighted by Crippen LogP contribution is -2.46. The van der Waals surface area contributed by atoms with Crippen LogP contribution in [-0.4, -0.2) is 36.1 Å². The van der Waals surface area contributed by atoms with Crippen molar-refractivity contribution in [1.29, 1.82) is 0 Å². The van der Waals surface area contributed by atoms with Crippen LogP contribution in [0.4, 0.5) is 0 Å². The van der Waals surface area contributed by atoms with Crippen LogP contribution in [0.1, 0.15) is 25.5 Å². The monoisotopic (exact) mass is 233 g/mol. The predicted molar refractivity (Wildman–Crippen MR) is 70.8 cm³/mol.